The molecule has 8 N–H and O–H groups in total. The number of hydrogen-bond donors (Lipinski definition) is 8. The molecule has 0 saturated heterocycles. The number of rotatable bonds is 26. The second-order valence-electron chi connectivity index (χ2n) is 19.0. The van der Waals surface area contributed by atoms with Crippen molar-refractivity contribution < 1.29 is 98.2 Å². The van der Waals surface area contributed by atoms with Crippen LogP contribution in [0.5, 0.6) is 23.0 Å². The van der Waals surface area contributed by atoms with Crippen LogP contribution in [0, 0.1) is 0 Å². The summed E-state index contributed by atoms with van der Waals surface area (Å²) in [5.74, 6) is -10.1. The van der Waals surface area contributed by atoms with Crippen molar-refractivity contribution in [2.75, 3.05) is 0 Å². The van der Waals surface area contributed by atoms with Crippen LogP contribution in [-0.2, 0) is 39.5 Å². The predicted molar refractivity (Wildman–Crippen MR) is 292 cm³/mol. The van der Waals surface area contributed by atoms with E-state index in [1.54, 1.807) is 55.1 Å². The minimum atomic E-state index is -1.35. The topological polar surface area (TPSA) is 410 Å². The minimum Gasteiger partial charge on any atom is -0.489 e. The fraction of sp³-hybridized carbons (Fsp3) is 0.102. The number of hydrogen-bond acceptors (Lipinski definition) is 17. The third kappa shape index (κ3) is 14.8. The Bertz CT molecular complexity index is 3620. The van der Waals surface area contributed by atoms with Crippen molar-refractivity contribution in [2.24, 2.45) is 0 Å². The van der Waals surface area contributed by atoms with Crippen LogP contribution < -0.4 is 18.9 Å². The van der Waals surface area contributed by atoms with E-state index >= 15 is 0 Å². The zero-order chi connectivity index (χ0) is 61.3. The zero-order valence-corrected chi connectivity index (χ0v) is 44.1. The summed E-state index contributed by atoms with van der Waals surface area (Å²) in [6.07, 6.45) is 6.33. The van der Waals surface area contributed by atoms with Crippen molar-refractivity contribution in [3.63, 3.8) is 0 Å². The number of nitrogens with zero attached hydrogens (tertiary/aromatic N) is 7. The van der Waals surface area contributed by atoms with Gasteiger partial charge >= 0.3 is 47.8 Å². The SMILES string of the molecule is O=C(O)c1cc(COc2cc(Cn3cc(-c4cncc(-c5cn(Cc6cc(OCc7cc(C(=O)O)cc(C(=O)O)c7)cc(OCc7cc(C(=O)O)cc(C(=O)O)c7)c6)nn5)c4)nn3)cc(OCc3cc(C(=O)O)cc(C(=O)O)c3)c2)cc(C(=O)O)c1. The summed E-state index contributed by atoms with van der Waals surface area (Å²) in [7, 11) is 0. The molecule has 86 heavy (non-hydrogen) atoms. The maximum Gasteiger partial charge on any atom is 0.335 e. The van der Waals surface area contributed by atoms with Gasteiger partial charge in [-0.3, -0.25) is 4.98 Å². The monoisotopic (exact) mass is 1170 g/mol. The van der Waals surface area contributed by atoms with Crippen molar-refractivity contribution in [1.29, 1.82) is 0 Å². The molecule has 27 heteroatoms. The Balaban J connectivity index is 0.946. The average Bonchev–Trinajstić information content (AvgIpc) is 3.06. The third-order valence-electron chi connectivity index (χ3n) is 12.5. The van der Waals surface area contributed by atoms with Crippen LogP contribution in [0.4, 0.5) is 0 Å². The van der Waals surface area contributed by atoms with Crippen molar-refractivity contribution in [3.05, 3.63) is 218 Å². The smallest absolute Gasteiger partial charge is 0.335 e. The Morgan fingerprint density at radius 1 is 0.314 bits per heavy atom. The van der Waals surface area contributed by atoms with Crippen molar-refractivity contribution in [1.82, 2.24) is 35.0 Å². The van der Waals surface area contributed by atoms with Crippen LogP contribution >= 0.6 is 0 Å². The number of aromatic carboxylic acids is 8. The van der Waals surface area contributed by atoms with Gasteiger partial charge in [0.25, 0.3) is 0 Å². The highest BCUT2D eigenvalue weighted by Crippen LogP contribution is 2.30. The van der Waals surface area contributed by atoms with E-state index in [1.165, 1.54) is 70.0 Å². The van der Waals surface area contributed by atoms with Crippen LogP contribution in [0.2, 0.25) is 0 Å². The molecule has 0 unspecified atom stereocenters. The normalized spacial score (nSPS) is 10.9. The lowest BCUT2D eigenvalue weighted by Gasteiger charge is -2.14. The first kappa shape index (κ1) is 58.4. The number of carboxylic acids is 8. The summed E-state index contributed by atoms with van der Waals surface area (Å²) in [5, 5.41) is 94.2. The Kier molecular flexibility index (Phi) is 17.1. The van der Waals surface area contributed by atoms with Crippen LogP contribution in [-0.4, -0.2) is 124 Å². The molecule has 0 radical (unpaired) electrons. The summed E-state index contributed by atoms with van der Waals surface area (Å²) >= 11 is 0. The number of aromatic nitrogens is 7. The van der Waals surface area contributed by atoms with E-state index in [0.29, 0.717) is 33.6 Å². The summed E-state index contributed by atoms with van der Waals surface area (Å²) in [5.41, 5.74) is 1.48. The van der Waals surface area contributed by atoms with Gasteiger partial charge in [-0.15, -0.1) is 10.2 Å². The number of ether oxygens (including phenoxy) is 4. The summed E-state index contributed by atoms with van der Waals surface area (Å²) < 4.78 is 27.1. The van der Waals surface area contributed by atoms with E-state index in [2.05, 4.69) is 25.6 Å². The molecule has 0 spiro atoms. The molecule has 0 aliphatic heterocycles. The van der Waals surface area contributed by atoms with Gasteiger partial charge in [-0.2, -0.15) is 0 Å². The molecule has 434 valence electrons. The largest absolute Gasteiger partial charge is 0.489 e. The van der Waals surface area contributed by atoms with Gasteiger partial charge in [-0.25, -0.2) is 47.7 Å². The van der Waals surface area contributed by atoms with Gasteiger partial charge in [0, 0.05) is 35.7 Å². The highest BCUT2D eigenvalue weighted by molar-refractivity contribution is 5.96. The molecule has 0 aliphatic carbocycles. The Hall–Kier alpha value is -12.3. The van der Waals surface area contributed by atoms with Gasteiger partial charge in [0.2, 0.25) is 0 Å². The molecule has 0 aliphatic rings. The molecule has 0 atom stereocenters. The lowest BCUT2D eigenvalue weighted by atomic mass is 10.1. The predicted octanol–water partition coefficient (Wildman–Crippen LogP) is 7.60. The van der Waals surface area contributed by atoms with E-state index in [1.807, 2.05) is 0 Å². The molecule has 3 heterocycles. The summed E-state index contributed by atoms with van der Waals surface area (Å²) in [4.78, 5) is 98.8. The average molecular weight is 1170 g/mol. The second-order valence-corrected chi connectivity index (χ2v) is 19.0. The fourth-order valence-corrected chi connectivity index (χ4v) is 8.64. The standard InChI is InChI=1S/C59H43N7O20/c67-52(68)36-1-32(2-37(13-36)53(69)70)26-83-46-9-30(10-47(18-46)84-27-33-3-38(54(71)72)14-39(4-33)55(73)74)22-65-24-50(61-63-65)44-17-45(21-60-20-44)51-25-66(64-62-51)23-31-11-48(85-28-34-5-40(56(75)76)15-41(6-34)57(77)78)19-49(12-31)86-29-35-7-42(58(79)80)16-43(8-35)59(81)82/h1-21,24-25H,22-23,26-29H2,(H,67,68)(H,69,70)(H,71,72)(H,73,74)(H,75,76)(H,77,78)(H,79,80)(H,81,82). The summed E-state index contributed by atoms with van der Waals surface area (Å²) in [6, 6.07) is 25.3. The Morgan fingerprint density at radius 2 is 0.558 bits per heavy atom. The maximum atomic E-state index is 11.8. The number of carbonyl (C=O) groups is 8. The zero-order valence-electron chi connectivity index (χ0n) is 44.1. The summed E-state index contributed by atoms with van der Waals surface area (Å²) in [6.45, 7) is -1.03. The quantitative estimate of drug-likeness (QED) is 0.0259. The van der Waals surface area contributed by atoms with Gasteiger partial charge in [0.15, 0.2) is 0 Å². The highest BCUT2D eigenvalue weighted by atomic mass is 16.5. The van der Waals surface area contributed by atoms with Crippen LogP contribution in [0.25, 0.3) is 22.5 Å². The minimum absolute atomic E-state index is 0.0451. The molecule has 0 fully saturated rings. The molecule has 0 bridgehead atoms. The lowest BCUT2D eigenvalue weighted by molar-refractivity contribution is 0.0676. The molecule has 9 aromatic rings. The molecule has 27 nitrogen and oxygen atoms in total. The van der Waals surface area contributed by atoms with E-state index < -0.39 is 47.8 Å². The second kappa shape index (κ2) is 25.2. The number of pyridine rings is 1. The van der Waals surface area contributed by atoms with Crippen molar-refractivity contribution in [2.45, 2.75) is 39.5 Å². The molecule has 0 amide bonds. The molecule has 0 saturated carbocycles. The van der Waals surface area contributed by atoms with Gasteiger partial charge in [-0.1, -0.05) is 10.4 Å². The maximum absolute atomic E-state index is 11.8. The number of benzene rings is 6. The fourth-order valence-electron chi connectivity index (χ4n) is 8.64. The molecule has 9 rings (SSSR count). The van der Waals surface area contributed by atoms with E-state index in [4.69, 9.17) is 18.9 Å². The van der Waals surface area contributed by atoms with Crippen LogP contribution in [0.3, 0.4) is 0 Å². The van der Waals surface area contributed by atoms with Crippen LogP contribution in [0.15, 0.2) is 140 Å². The first-order chi connectivity index (χ1) is 41.1. The Morgan fingerprint density at radius 3 is 0.791 bits per heavy atom. The molecular formula is C59H43N7O20. The van der Waals surface area contributed by atoms with E-state index in [9.17, 15) is 79.2 Å². The first-order valence-corrected chi connectivity index (χ1v) is 25.1. The van der Waals surface area contributed by atoms with Gasteiger partial charge in [0.1, 0.15) is 60.8 Å². The van der Waals surface area contributed by atoms with Crippen LogP contribution in [0.1, 0.15) is 116 Å². The number of carboxylic acid groups (broad SMARTS) is 8. The van der Waals surface area contributed by atoms with Crippen molar-refractivity contribution in [3.8, 4) is 45.5 Å². The first-order valence-electron chi connectivity index (χ1n) is 25.1. The third-order valence-corrected chi connectivity index (χ3v) is 12.5. The molecular weight excluding hydrogens is 1130 g/mol. The van der Waals surface area contributed by atoms with Crippen molar-refractivity contribution >= 4 is 47.8 Å². The Labute approximate surface area is 482 Å². The highest BCUT2D eigenvalue weighted by Gasteiger charge is 2.19. The van der Waals surface area contributed by atoms with Gasteiger partial charge in [0.05, 0.1) is 70.0 Å². The van der Waals surface area contributed by atoms with E-state index in [-0.39, 0.29) is 129 Å². The lowest BCUT2D eigenvalue weighted by Crippen LogP contribution is -2.07. The van der Waals surface area contributed by atoms with E-state index in [0.717, 1.165) is 24.3 Å². The molecule has 6 aromatic carbocycles. The molecule has 3 aromatic heterocycles. The van der Waals surface area contributed by atoms with Gasteiger partial charge in [-0.05, 0) is 137 Å². The van der Waals surface area contributed by atoms with Gasteiger partial charge < -0.3 is 59.8 Å².